The fourth-order valence-corrected chi connectivity index (χ4v) is 2.26. The van der Waals surface area contributed by atoms with Crippen molar-refractivity contribution >= 4 is 28.3 Å². The first-order valence-electron chi connectivity index (χ1n) is 6.43. The lowest BCUT2D eigenvalue weighted by Crippen LogP contribution is -2.28. The maximum Gasteiger partial charge on any atom is 0.294 e. The van der Waals surface area contributed by atoms with E-state index in [1.165, 1.54) is 5.38 Å². The zero-order valence-electron chi connectivity index (χ0n) is 11.7. The third-order valence-corrected chi connectivity index (χ3v) is 3.34. The number of nitrogens with one attached hydrogen (secondary N) is 2. The molecule has 0 spiro atoms. The van der Waals surface area contributed by atoms with Crippen molar-refractivity contribution in [2.75, 3.05) is 18.5 Å². The van der Waals surface area contributed by atoms with Crippen molar-refractivity contribution in [2.45, 2.75) is 0 Å². The number of carbonyl (C=O) groups excluding carboxylic acids is 2. The Morgan fingerprint density at radius 2 is 2.00 bits per heavy atom. The van der Waals surface area contributed by atoms with Crippen LogP contribution >= 0.6 is 11.3 Å². The summed E-state index contributed by atoms with van der Waals surface area (Å²) in [6, 6.07) is 8.59. The highest BCUT2D eigenvalue weighted by molar-refractivity contribution is 7.14. The Morgan fingerprint density at radius 3 is 2.70 bits per heavy atom. The maximum absolute atomic E-state index is 11.9. The lowest BCUT2D eigenvalue weighted by Gasteiger charge is -2.02. The first kappa shape index (κ1) is 16.4. The molecule has 0 unspecified atom stereocenters. The fraction of sp³-hybridized carbons (Fsp3) is 0.154. The average Bonchev–Trinajstić information content (AvgIpc) is 3.00. The van der Waals surface area contributed by atoms with Gasteiger partial charge >= 0.3 is 0 Å². The molecule has 1 aromatic carbocycles. The first-order valence-corrected chi connectivity index (χ1v) is 7.31. The molecule has 2 amide bonds. The molecular weight excluding hydrogens is 324 g/mol. The van der Waals surface area contributed by atoms with Gasteiger partial charge in [0.1, 0.15) is 12.3 Å². The number of thiazole rings is 1. The molecule has 23 heavy (non-hydrogen) atoms. The molecule has 0 aliphatic carbocycles. The molecule has 0 bridgehead atoms. The van der Waals surface area contributed by atoms with E-state index in [2.05, 4.69) is 20.5 Å². The van der Waals surface area contributed by atoms with Crippen molar-refractivity contribution in [3.05, 3.63) is 57.1 Å². The molecule has 2 aromatic rings. The van der Waals surface area contributed by atoms with E-state index in [1.807, 2.05) is 0 Å². The number of carbonyl (C=O) groups is 2. The van der Waals surface area contributed by atoms with Crippen LogP contribution in [0, 0.1) is 10.1 Å². The van der Waals surface area contributed by atoms with Crippen molar-refractivity contribution in [1.29, 1.82) is 0 Å². The molecule has 120 valence electrons. The molecule has 0 saturated carbocycles. The van der Waals surface area contributed by atoms with Crippen LogP contribution in [0.15, 0.2) is 35.7 Å². The summed E-state index contributed by atoms with van der Waals surface area (Å²) in [5, 5.41) is 15.8. The van der Waals surface area contributed by atoms with E-state index < -0.39 is 11.0 Å². The van der Waals surface area contributed by atoms with Crippen LogP contribution in [0.4, 0.5) is 5.13 Å². The lowest BCUT2D eigenvalue weighted by molar-refractivity contribution is -0.757. The van der Waals surface area contributed by atoms with Crippen molar-refractivity contribution in [1.82, 2.24) is 10.3 Å². The Balaban J connectivity index is 1.86. The minimum Gasteiger partial charge on any atom is -0.349 e. The summed E-state index contributed by atoms with van der Waals surface area (Å²) in [6.45, 7) is -0.274. The number of nitrogens with zero attached hydrogens (tertiary/aromatic N) is 2. The van der Waals surface area contributed by atoms with Gasteiger partial charge in [0.25, 0.3) is 16.9 Å². The van der Waals surface area contributed by atoms with Gasteiger partial charge in [-0.2, -0.15) is 0 Å². The van der Waals surface area contributed by atoms with Gasteiger partial charge in [-0.25, -0.2) is 4.98 Å². The molecular formula is C13H12N4O5S. The van der Waals surface area contributed by atoms with E-state index >= 15 is 0 Å². The van der Waals surface area contributed by atoms with Gasteiger partial charge in [0.15, 0.2) is 5.13 Å². The Morgan fingerprint density at radius 1 is 1.26 bits per heavy atom. The molecule has 1 aromatic heterocycles. The standard InChI is InChI=1S/C13H12N4O5S/c18-11(9-4-2-1-3-5-9)16-13-15-10(8-23-13)12(19)14-6-7-22-17(20)21/h1-5,8H,6-7H2,(H,14,19)(H,15,16,18). The summed E-state index contributed by atoms with van der Waals surface area (Å²) in [6.07, 6.45) is 0. The topological polar surface area (TPSA) is 123 Å². The highest BCUT2D eigenvalue weighted by Crippen LogP contribution is 2.16. The summed E-state index contributed by atoms with van der Waals surface area (Å²) in [5.41, 5.74) is 0.588. The maximum atomic E-state index is 11.9. The number of aromatic nitrogens is 1. The van der Waals surface area contributed by atoms with E-state index in [0.29, 0.717) is 5.56 Å². The van der Waals surface area contributed by atoms with Gasteiger partial charge in [0.05, 0.1) is 0 Å². The van der Waals surface area contributed by atoms with E-state index in [9.17, 15) is 19.7 Å². The highest BCUT2D eigenvalue weighted by atomic mass is 32.1. The third kappa shape index (κ3) is 5.04. The Kier molecular flexibility index (Phi) is 5.58. The molecule has 0 saturated heterocycles. The van der Waals surface area contributed by atoms with Crippen molar-refractivity contribution < 1.29 is 19.5 Å². The first-order chi connectivity index (χ1) is 11.1. The van der Waals surface area contributed by atoms with Crippen LogP contribution in [-0.2, 0) is 4.84 Å². The molecule has 0 fully saturated rings. The van der Waals surface area contributed by atoms with Crippen LogP contribution in [0.25, 0.3) is 0 Å². The van der Waals surface area contributed by atoms with E-state index in [1.54, 1.807) is 30.3 Å². The molecule has 2 rings (SSSR count). The zero-order chi connectivity index (χ0) is 16.7. The van der Waals surface area contributed by atoms with Gasteiger partial charge in [-0.15, -0.1) is 21.5 Å². The normalized spacial score (nSPS) is 9.91. The minimum atomic E-state index is -0.938. The highest BCUT2D eigenvalue weighted by Gasteiger charge is 2.13. The zero-order valence-corrected chi connectivity index (χ0v) is 12.5. The van der Waals surface area contributed by atoms with Gasteiger partial charge in [0.2, 0.25) is 0 Å². The summed E-state index contributed by atoms with van der Waals surface area (Å²) < 4.78 is 0. The molecule has 2 N–H and O–H groups in total. The minimum absolute atomic E-state index is 0.0248. The molecule has 0 aliphatic heterocycles. The van der Waals surface area contributed by atoms with Crippen LogP contribution in [0.5, 0.6) is 0 Å². The van der Waals surface area contributed by atoms with Crippen LogP contribution < -0.4 is 10.6 Å². The SMILES string of the molecule is O=C(Nc1nc(C(=O)NCCO[N+](=O)[O-])cs1)c1ccccc1. The average molecular weight is 336 g/mol. The van der Waals surface area contributed by atoms with Gasteiger partial charge in [-0.05, 0) is 12.1 Å². The fourth-order valence-electron chi connectivity index (χ4n) is 1.57. The van der Waals surface area contributed by atoms with Gasteiger partial charge in [-0.3, -0.25) is 14.9 Å². The van der Waals surface area contributed by atoms with E-state index in [0.717, 1.165) is 11.3 Å². The van der Waals surface area contributed by atoms with E-state index in [4.69, 9.17) is 0 Å². The second kappa shape index (κ2) is 7.84. The Bertz CT molecular complexity index is 703. The number of hydrogen-bond donors (Lipinski definition) is 2. The van der Waals surface area contributed by atoms with Crippen LogP contribution in [0.3, 0.4) is 0 Å². The van der Waals surface area contributed by atoms with Crippen molar-refractivity contribution in [3.63, 3.8) is 0 Å². The number of amides is 2. The predicted molar refractivity (Wildman–Crippen MR) is 81.8 cm³/mol. The van der Waals surface area contributed by atoms with Gasteiger partial charge in [-0.1, -0.05) is 18.2 Å². The molecule has 0 aliphatic rings. The van der Waals surface area contributed by atoms with Gasteiger partial charge in [0, 0.05) is 17.5 Å². The van der Waals surface area contributed by atoms with E-state index in [-0.39, 0.29) is 29.9 Å². The Hall–Kier alpha value is -3.01. The quantitative estimate of drug-likeness (QED) is 0.447. The molecule has 9 nitrogen and oxygen atoms in total. The summed E-state index contributed by atoms with van der Waals surface area (Å²) in [7, 11) is 0. The summed E-state index contributed by atoms with van der Waals surface area (Å²) in [4.78, 5) is 41.7. The predicted octanol–water partition coefficient (Wildman–Crippen LogP) is 1.33. The molecule has 10 heteroatoms. The van der Waals surface area contributed by atoms with Gasteiger partial charge < -0.3 is 10.2 Å². The smallest absolute Gasteiger partial charge is 0.294 e. The second-order valence-electron chi connectivity index (χ2n) is 4.17. The van der Waals surface area contributed by atoms with Crippen molar-refractivity contribution in [2.24, 2.45) is 0 Å². The molecule has 1 heterocycles. The monoisotopic (exact) mass is 336 g/mol. The number of anilines is 1. The van der Waals surface area contributed by atoms with Crippen LogP contribution in [0.1, 0.15) is 20.8 Å². The molecule has 0 atom stereocenters. The second-order valence-corrected chi connectivity index (χ2v) is 5.03. The number of rotatable bonds is 7. The summed E-state index contributed by atoms with van der Waals surface area (Å²) in [5.74, 6) is -0.834. The Labute approximate surface area is 134 Å². The van der Waals surface area contributed by atoms with Crippen LogP contribution in [0.2, 0.25) is 0 Å². The summed E-state index contributed by atoms with van der Waals surface area (Å²) >= 11 is 1.10. The van der Waals surface area contributed by atoms with Crippen LogP contribution in [-0.4, -0.2) is 35.0 Å². The van der Waals surface area contributed by atoms with Crippen molar-refractivity contribution in [3.8, 4) is 0 Å². The molecule has 0 radical (unpaired) electrons. The largest absolute Gasteiger partial charge is 0.349 e. The third-order valence-electron chi connectivity index (χ3n) is 2.58. The lowest BCUT2D eigenvalue weighted by atomic mass is 10.2. The number of hydrogen-bond acceptors (Lipinski definition) is 7. The number of benzene rings is 1.